The Morgan fingerprint density at radius 1 is 0.955 bits per heavy atom. The highest BCUT2D eigenvalue weighted by Gasteiger charge is 2.04. The van der Waals surface area contributed by atoms with Crippen LogP contribution in [0.25, 0.3) is 0 Å². The minimum atomic E-state index is 0. The highest BCUT2D eigenvalue weighted by atomic mass is 35.5. The van der Waals surface area contributed by atoms with Crippen molar-refractivity contribution in [1.29, 1.82) is 0 Å². The largest absolute Gasteiger partial charge is 0.493 e. The molecule has 5 heteroatoms. The minimum absolute atomic E-state index is 0. The van der Waals surface area contributed by atoms with E-state index in [0.29, 0.717) is 0 Å². The molecule has 2 rings (SSSR count). The molecule has 0 aliphatic rings. The van der Waals surface area contributed by atoms with Gasteiger partial charge >= 0.3 is 0 Å². The summed E-state index contributed by atoms with van der Waals surface area (Å²) in [5.74, 6) is 1.53. The normalized spacial score (nSPS) is 9.95. The van der Waals surface area contributed by atoms with E-state index in [1.807, 2.05) is 30.3 Å². The van der Waals surface area contributed by atoms with Crippen LogP contribution < -0.4 is 14.8 Å². The zero-order valence-electron chi connectivity index (χ0n) is 12.8. The number of nitrogens with one attached hydrogen (secondary N) is 1. The number of hydrogen-bond donors (Lipinski definition) is 1. The summed E-state index contributed by atoms with van der Waals surface area (Å²) >= 11 is 5.96. The van der Waals surface area contributed by atoms with Crippen molar-refractivity contribution in [2.45, 2.75) is 13.0 Å². The first-order chi connectivity index (χ1) is 10.2. The molecule has 1 N–H and O–H groups in total. The number of hydrogen-bond acceptors (Lipinski definition) is 3. The molecule has 0 aliphatic heterocycles. The van der Waals surface area contributed by atoms with Crippen molar-refractivity contribution >= 4 is 24.0 Å². The molecule has 0 fully saturated rings. The van der Waals surface area contributed by atoms with Crippen LogP contribution in [0.5, 0.6) is 11.5 Å². The summed E-state index contributed by atoms with van der Waals surface area (Å²) in [6.07, 6.45) is 0.931. The van der Waals surface area contributed by atoms with Crippen LogP contribution in [0, 0.1) is 0 Å². The predicted molar refractivity (Wildman–Crippen MR) is 93.7 cm³/mol. The monoisotopic (exact) mass is 341 g/mol. The van der Waals surface area contributed by atoms with Gasteiger partial charge in [0.2, 0.25) is 0 Å². The van der Waals surface area contributed by atoms with Gasteiger partial charge in [-0.1, -0.05) is 29.8 Å². The lowest BCUT2D eigenvalue weighted by molar-refractivity contribution is 0.354. The number of halogens is 2. The second-order valence-corrected chi connectivity index (χ2v) is 5.18. The predicted octanol–water partition coefficient (Wildman–Crippen LogP) is 4.11. The first kappa shape index (κ1) is 18.6. The molecule has 0 saturated carbocycles. The van der Waals surface area contributed by atoms with Crippen molar-refractivity contribution < 1.29 is 9.47 Å². The average Bonchev–Trinajstić information content (AvgIpc) is 2.51. The standard InChI is InChI=1S/C17H20ClNO2.ClH/c1-20-16-7-6-13(11-17(16)21-2)8-9-19-12-14-4-3-5-15(18)10-14;/h3-7,10-11,19H,8-9,12H2,1-2H3;1H. The summed E-state index contributed by atoms with van der Waals surface area (Å²) < 4.78 is 10.5. The first-order valence-electron chi connectivity index (χ1n) is 6.89. The van der Waals surface area contributed by atoms with Crippen molar-refractivity contribution in [3.8, 4) is 11.5 Å². The lowest BCUT2D eigenvalue weighted by Crippen LogP contribution is -2.16. The maximum absolute atomic E-state index is 5.96. The molecule has 0 saturated heterocycles. The molecule has 0 unspecified atom stereocenters. The fourth-order valence-electron chi connectivity index (χ4n) is 2.15. The van der Waals surface area contributed by atoms with Crippen molar-refractivity contribution in [3.05, 3.63) is 58.6 Å². The number of rotatable bonds is 7. The van der Waals surface area contributed by atoms with Gasteiger partial charge in [-0.05, 0) is 48.4 Å². The van der Waals surface area contributed by atoms with Crippen LogP contribution in [0.3, 0.4) is 0 Å². The van der Waals surface area contributed by atoms with Crippen LogP contribution in [0.4, 0.5) is 0 Å². The van der Waals surface area contributed by atoms with E-state index < -0.39 is 0 Å². The Hall–Kier alpha value is -1.42. The third-order valence-electron chi connectivity index (χ3n) is 3.26. The third-order valence-corrected chi connectivity index (χ3v) is 3.49. The molecule has 0 spiro atoms. The molecule has 22 heavy (non-hydrogen) atoms. The highest BCUT2D eigenvalue weighted by Crippen LogP contribution is 2.27. The van der Waals surface area contributed by atoms with Crippen LogP contribution in [-0.4, -0.2) is 20.8 Å². The third kappa shape index (κ3) is 5.41. The van der Waals surface area contributed by atoms with E-state index in [4.69, 9.17) is 21.1 Å². The molecular formula is C17H21Cl2NO2. The maximum atomic E-state index is 5.96. The van der Waals surface area contributed by atoms with Gasteiger partial charge in [0.1, 0.15) is 0 Å². The number of benzene rings is 2. The fraction of sp³-hybridized carbons (Fsp3) is 0.294. The van der Waals surface area contributed by atoms with E-state index in [1.165, 1.54) is 11.1 Å². The Kier molecular flexibility index (Phi) is 8.10. The summed E-state index contributed by atoms with van der Waals surface area (Å²) in [5.41, 5.74) is 2.40. The van der Waals surface area contributed by atoms with Gasteiger partial charge in [0.25, 0.3) is 0 Å². The van der Waals surface area contributed by atoms with Crippen molar-refractivity contribution in [2.75, 3.05) is 20.8 Å². The first-order valence-corrected chi connectivity index (χ1v) is 7.27. The summed E-state index contributed by atoms with van der Waals surface area (Å²) in [6.45, 7) is 1.70. The van der Waals surface area contributed by atoms with Crippen LogP contribution in [-0.2, 0) is 13.0 Å². The Bertz CT molecular complexity index is 591. The van der Waals surface area contributed by atoms with Crippen LogP contribution >= 0.6 is 24.0 Å². The number of ether oxygens (including phenoxy) is 2. The maximum Gasteiger partial charge on any atom is 0.160 e. The Labute approximate surface area is 143 Å². The molecule has 120 valence electrons. The zero-order chi connectivity index (χ0) is 15.1. The SMILES string of the molecule is COc1ccc(CCNCc2cccc(Cl)c2)cc1OC.Cl. The Morgan fingerprint density at radius 2 is 1.73 bits per heavy atom. The molecule has 0 atom stereocenters. The van der Waals surface area contributed by atoms with Crippen LogP contribution in [0.2, 0.25) is 5.02 Å². The molecule has 0 amide bonds. The van der Waals surface area contributed by atoms with Gasteiger partial charge in [0.05, 0.1) is 14.2 Å². The summed E-state index contributed by atoms with van der Waals surface area (Å²) in [7, 11) is 3.29. The summed E-state index contributed by atoms with van der Waals surface area (Å²) in [5, 5.41) is 4.19. The second-order valence-electron chi connectivity index (χ2n) is 4.75. The minimum Gasteiger partial charge on any atom is -0.493 e. The second kappa shape index (κ2) is 9.57. The zero-order valence-corrected chi connectivity index (χ0v) is 14.3. The van der Waals surface area contributed by atoms with Crippen molar-refractivity contribution in [1.82, 2.24) is 5.32 Å². The lowest BCUT2D eigenvalue weighted by Gasteiger charge is -2.10. The fourth-order valence-corrected chi connectivity index (χ4v) is 2.36. The smallest absolute Gasteiger partial charge is 0.160 e. The quantitative estimate of drug-likeness (QED) is 0.768. The van der Waals surface area contributed by atoms with Gasteiger partial charge in [0.15, 0.2) is 11.5 Å². The van der Waals surface area contributed by atoms with Gasteiger partial charge in [0, 0.05) is 11.6 Å². The van der Waals surface area contributed by atoms with Crippen molar-refractivity contribution in [2.24, 2.45) is 0 Å². The lowest BCUT2D eigenvalue weighted by atomic mass is 10.1. The Morgan fingerprint density at radius 3 is 2.41 bits per heavy atom. The van der Waals surface area contributed by atoms with E-state index in [0.717, 1.165) is 36.0 Å². The van der Waals surface area contributed by atoms with E-state index in [-0.39, 0.29) is 12.4 Å². The summed E-state index contributed by atoms with van der Waals surface area (Å²) in [6, 6.07) is 13.9. The average molecular weight is 342 g/mol. The van der Waals surface area contributed by atoms with E-state index >= 15 is 0 Å². The topological polar surface area (TPSA) is 30.5 Å². The van der Waals surface area contributed by atoms with Crippen LogP contribution in [0.15, 0.2) is 42.5 Å². The van der Waals surface area contributed by atoms with Gasteiger partial charge in [-0.3, -0.25) is 0 Å². The van der Waals surface area contributed by atoms with Gasteiger partial charge in [-0.15, -0.1) is 12.4 Å². The van der Waals surface area contributed by atoms with Gasteiger partial charge in [-0.2, -0.15) is 0 Å². The summed E-state index contributed by atoms with van der Waals surface area (Å²) in [4.78, 5) is 0. The van der Waals surface area contributed by atoms with Crippen LogP contribution in [0.1, 0.15) is 11.1 Å². The highest BCUT2D eigenvalue weighted by molar-refractivity contribution is 6.30. The van der Waals surface area contributed by atoms with Crippen molar-refractivity contribution in [3.63, 3.8) is 0 Å². The van der Waals surface area contributed by atoms with E-state index in [2.05, 4.69) is 17.4 Å². The van der Waals surface area contributed by atoms with E-state index in [9.17, 15) is 0 Å². The molecule has 0 radical (unpaired) electrons. The molecule has 0 aliphatic carbocycles. The van der Waals surface area contributed by atoms with Gasteiger partial charge < -0.3 is 14.8 Å². The molecule has 0 aromatic heterocycles. The molecule has 0 bridgehead atoms. The molecule has 2 aromatic carbocycles. The molecule has 0 heterocycles. The molecular weight excluding hydrogens is 321 g/mol. The van der Waals surface area contributed by atoms with Gasteiger partial charge in [-0.25, -0.2) is 0 Å². The molecule has 2 aromatic rings. The van der Waals surface area contributed by atoms with E-state index in [1.54, 1.807) is 14.2 Å². The Balaban J connectivity index is 0.00000242. The molecule has 3 nitrogen and oxygen atoms in total. The number of methoxy groups -OCH3 is 2.